The Morgan fingerprint density at radius 2 is 1.94 bits per heavy atom. The van der Waals surface area contributed by atoms with Crippen LogP contribution in [0.1, 0.15) is 16.1 Å². The highest BCUT2D eigenvalue weighted by Gasteiger charge is 2.02. The molecule has 0 aliphatic rings. The minimum Gasteiger partial charge on any atom is -0.384 e. The van der Waals surface area contributed by atoms with Crippen LogP contribution in [0.25, 0.3) is 0 Å². The Labute approximate surface area is 98.7 Å². The third-order valence-electron chi connectivity index (χ3n) is 2.19. The molecule has 0 bridgehead atoms. The van der Waals surface area contributed by atoms with E-state index in [0.29, 0.717) is 12.2 Å². The summed E-state index contributed by atoms with van der Waals surface area (Å²) in [6, 6.07) is 9.17. The Balaban J connectivity index is 2.26. The molecule has 0 amide bonds. The van der Waals surface area contributed by atoms with Crippen LogP contribution in [0.5, 0.6) is 0 Å². The summed E-state index contributed by atoms with van der Waals surface area (Å²) in [6.45, 7) is 2.01. The number of rotatable bonds is 3. The second kappa shape index (κ2) is 4.61. The van der Waals surface area contributed by atoms with Gasteiger partial charge in [0.15, 0.2) is 6.29 Å². The molecule has 86 valence electrons. The smallest absolute Gasteiger partial charge is 0.229 e. The fourth-order valence-corrected chi connectivity index (χ4v) is 1.37. The minimum absolute atomic E-state index is 0.257. The van der Waals surface area contributed by atoms with Crippen molar-refractivity contribution < 1.29 is 4.79 Å². The van der Waals surface area contributed by atoms with Gasteiger partial charge in [0.05, 0.1) is 0 Å². The molecule has 1 aromatic heterocycles. The molecular formula is C12H12N4O. The predicted molar refractivity (Wildman–Crippen MR) is 66.3 cm³/mol. The van der Waals surface area contributed by atoms with E-state index in [-0.39, 0.29) is 11.5 Å². The number of hydrogen-bond donors (Lipinski definition) is 2. The zero-order valence-electron chi connectivity index (χ0n) is 9.34. The van der Waals surface area contributed by atoms with Crippen LogP contribution < -0.4 is 11.1 Å². The van der Waals surface area contributed by atoms with Crippen molar-refractivity contribution in [3.63, 3.8) is 0 Å². The van der Waals surface area contributed by atoms with Gasteiger partial charge in [0, 0.05) is 11.8 Å². The molecule has 5 nitrogen and oxygen atoms in total. The van der Waals surface area contributed by atoms with Gasteiger partial charge in [-0.05, 0) is 19.1 Å². The first-order chi connectivity index (χ1) is 8.17. The number of nitrogens with zero attached hydrogens (tertiary/aromatic N) is 2. The van der Waals surface area contributed by atoms with Crippen molar-refractivity contribution in [1.82, 2.24) is 9.97 Å². The molecule has 17 heavy (non-hydrogen) atoms. The first-order valence-corrected chi connectivity index (χ1v) is 5.11. The summed E-state index contributed by atoms with van der Waals surface area (Å²) in [5.41, 5.74) is 7.83. The largest absolute Gasteiger partial charge is 0.384 e. The second-order valence-corrected chi connectivity index (χ2v) is 3.65. The van der Waals surface area contributed by atoms with Gasteiger partial charge < -0.3 is 11.1 Å². The van der Waals surface area contributed by atoms with Crippen molar-refractivity contribution in [2.45, 2.75) is 6.92 Å². The monoisotopic (exact) mass is 228 g/mol. The Morgan fingerprint density at radius 3 is 2.59 bits per heavy atom. The first kappa shape index (κ1) is 11.1. The van der Waals surface area contributed by atoms with Crippen molar-refractivity contribution >= 4 is 23.7 Å². The van der Waals surface area contributed by atoms with E-state index in [0.717, 1.165) is 11.3 Å². The predicted octanol–water partition coefficient (Wildman–Crippen LogP) is 1.92. The van der Waals surface area contributed by atoms with E-state index in [2.05, 4.69) is 15.3 Å². The molecule has 2 rings (SSSR count). The van der Waals surface area contributed by atoms with Crippen LogP contribution in [0.3, 0.4) is 0 Å². The highest BCUT2D eigenvalue weighted by molar-refractivity contribution is 5.74. The lowest BCUT2D eigenvalue weighted by atomic mass is 10.2. The standard InChI is InChI=1S/C12H12N4O/c1-8-2-4-9(5-3-8)14-12-15-10(7-17)6-11(13)16-12/h2-7H,1H3,(H3,13,14,15,16). The van der Waals surface area contributed by atoms with E-state index >= 15 is 0 Å². The Kier molecular flexibility index (Phi) is 3.00. The molecule has 0 aliphatic carbocycles. The van der Waals surface area contributed by atoms with Gasteiger partial charge in [0.1, 0.15) is 11.5 Å². The quantitative estimate of drug-likeness (QED) is 0.784. The number of anilines is 3. The number of aromatic nitrogens is 2. The molecule has 0 spiro atoms. The second-order valence-electron chi connectivity index (χ2n) is 3.65. The lowest BCUT2D eigenvalue weighted by Crippen LogP contribution is -2.03. The highest BCUT2D eigenvalue weighted by Crippen LogP contribution is 2.14. The number of carbonyl (C=O) groups excluding carboxylic acids is 1. The molecule has 0 atom stereocenters. The summed E-state index contributed by atoms with van der Waals surface area (Å²) in [6.07, 6.45) is 0.637. The van der Waals surface area contributed by atoms with Gasteiger partial charge in [-0.25, -0.2) is 4.98 Å². The summed E-state index contributed by atoms with van der Waals surface area (Å²) in [5, 5.41) is 2.99. The number of nitrogens with one attached hydrogen (secondary N) is 1. The highest BCUT2D eigenvalue weighted by atomic mass is 16.1. The Morgan fingerprint density at radius 1 is 1.24 bits per heavy atom. The van der Waals surface area contributed by atoms with Crippen LogP contribution in [0, 0.1) is 6.92 Å². The lowest BCUT2D eigenvalue weighted by molar-refractivity contribution is 0.111. The number of hydrogen-bond acceptors (Lipinski definition) is 5. The average Bonchev–Trinajstić information content (AvgIpc) is 2.31. The first-order valence-electron chi connectivity index (χ1n) is 5.11. The maximum absolute atomic E-state index is 10.6. The van der Waals surface area contributed by atoms with Gasteiger partial charge in [-0.1, -0.05) is 17.7 Å². The Hall–Kier alpha value is -2.43. The van der Waals surface area contributed by atoms with E-state index < -0.39 is 0 Å². The van der Waals surface area contributed by atoms with Crippen molar-refractivity contribution in [3.05, 3.63) is 41.6 Å². The molecule has 0 unspecified atom stereocenters. The normalized spacial score (nSPS) is 9.94. The summed E-state index contributed by atoms with van der Waals surface area (Å²) >= 11 is 0. The fraction of sp³-hybridized carbons (Fsp3) is 0.0833. The van der Waals surface area contributed by atoms with E-state index in [1.807, 2.05) is 31.2 Å². The molecule has 1 heterocycles. The zero-order valence-corrected chi connectivity index (χ0v) is 9.34. The molecule has 0 radical (unpaired) electrons. The van der Waals surface area contributed by atoms with Crippen molar-refractivity contribution in [1.29, 1.82) is 0 Å². The summed E-state index contributed by atoms with van der Waals surface area (Å²) in [7, 11) is 0. The summed E-state index contributed by atoms with van der Waals surface area (Å²) < 4.78 is 0. The number of benzene rings is 1. The summed E-state index contributed by atoms with van der Waals surface area (Å²) in [4.78, 5) is 18.6. The molecular weight excluding hydrogens is 216 g/mol. The van der Waals surface area contributed by atoms with Gasteiger partial charge in [-0.2, -0.15) is 4.98 Å². The molecule has 5 heteroatoms. The van der Waals surface area contributed by atoms with Gasteiger partial charge >= 0.3 is 0 Å². The van der Waals surface area contributed by atoms with E-state index in [4.69, 9.17) is 5.73 Å². The van der Waals surface area contributed by atoms with E-state index in [1.54, 1.807) is 0 Å². The van der Waals surface area contributed by atoms with Crippen LogP contribution in [0.15, 0.2) is 30.3 Å². The van der Waals surface area contributed by atoms with Crippen LogP contribution in [-0.4, -0.2) is 16.3 Å². The Bertz CT molecular complexity index is 537. The lowest BCUT2D eigenvalue weighted by Gasteiger charge is -2.06. The van der Waals surface area contributed by atoms with Crippen molar-refractivity contribution in [2.24, 2.45) is 0 Å². The van der Waals surface area contributed by atoms with Crippen LogP contribution >= 0.6 is 0 Å². The maximum Gasteiger partial charge on any atom is 0.229 e. The van der Waals surface area contributed by atoms with Crippen molar-refractivity contribution in [3.8, 4) is 0 Å². The van der Waals surface area contributed by atoms with E-state index in [1.165, 1.54) is 6.07 Å². The van der Waals surface area contributed by atoms with E-state index in [9.17, 15) is 4.79 Å². The third kappa shape index (κ3) is 2.78. The fourth-order valence-electron chi connectivity index (χ4n) is 1.37. The number of aryl methyl sites for hydroxylation is 1. The topological polar surface area (TPSA) is 80.9 Å². The summed E-state index contributed by atoms with van der Waals surface area (Å²) in [5.74, 6) is 0.577. The zero-order chi connectivity index (χ0) is 12.3. The SMILES string of the molecule is Cc1ccc(Nc2nc(N)cc(C=O)n2)cc1. The maximum atomic E-state index is 10.6. The van der Waals surface area contributed by atoms with Gasteiger partial charge in [-0.15, -0.1) is 0 Å². The third-order valence-corrected chi connectivity index (χ3v) is 2.19. The average molecular weight is 228 g/mol. The van der Waals surface area contributed by atoms with Crippen molar-refractivity contribution in [2.75, 3.05) is 11.1 Å². The number of nitrogen functional groups attached to an aromatic ring is 1. The van der Waals surface area contributed by atoms with Gasteiger partial charge in [-0.3, -0.25) is 4.79 Å². The minimum atomic E-state index is 0.257. The molecule has 0 saturated heterocycles. The number of carbonyl (C=O) groups is 1. The molecule has 2 aromatic rings. The van der Waals surface area contributed by atoms with Gasteiger partial charge in [0.25, 0.3) is 0 Å². The molecule has 1 aromatic carbocycles. The number of aldehydes is 1. The molecule has 0 fully saturated rings. The van der Waals surface area contributed by atoms with Crippen LogP contribution in [0.2, 0.25) is 0 Å². The van der Waals surface area contributed by atoms with Crippen LogP contribution in [-0.2, 0) is 0 Å². The molecule has 0 aliphatic heterocycles. The number of nitrogens with two attached hydrogens (primary N) is 1. The van der Waals surface area contributed by atoms with Crippen LogP contribution in [0.4, 0.5) is 17.5 Å². The van der Waals surface area contributed by atoms with Gasteiger partial charge in [0.2, 0.25) is 5.95 Å². The molecule has 3 N–H and O–H groups in total. The molecule has 0 saturated carbocycles.